The molecule has 10 nitrogen and oxygen atoms in total. The fourth-order valence-electron chi connectivity index (χ4n) is 3.69. The number of aromatic nitrogens is 2. The highest BCUT2D eigenvalue weighted by molar-refractivity contribution is 5.98. The molecule has 0 unspecified atom stereocenters. The minimum Gasteiger partial charge on any atom is -0.497 e. The van der Waals surface area contributed by atoms with Crippen LogP contribution in [0.3, 0.4) is 0 Å². The van der Waals surface area contributed by atoms with Crippen LogP contribution in [0.1, 0.15) is 33.2 Å². The van der Waals surface area contributed by atoms with E-state index in [1.807, 2.05) is 0 Å². The molecule has 1 aliphatic heterocycles. The van der Waals surface area contributed by atoms with E-state index in [0.29, 0.717) is 22.6 Å². The molecule has 166 valence electrons. The number of ether oxygens (including phenoxy) is 4. The largest absolute Gasteiger partial charge is 0.497 e. The van der Waals surface area contributed by atoms with Crippen LogP contribution in [0, 0.1) is 0 Å². The Balaban J connectivity index is 1.82. The number of hydrogen-bond donors (Lipinski definition) is 2. The number of esters is 1. The predicted octanol–water partition coefficient (Wildman–Crippen LogP) is 1.58. The molecule has 1 aliphatic rings. The molecule has 2 N–H and O–H groups in total. The molecule has 0 aliphatic carbocycles. The molecule has 2 heterocycles. The summed E-state index contributed by atoms with van der Waals surface area (Å²) in [4.78, 5) is 39.8. The minimum atomic E-state index is -1.23. The lowest BCUT2D eigenvalue weighted by Gasteiger charge is -2.16. The van der Waals surface area contributed by atoms with Crippen LogP contribution < -0.4 is 25.5 Å². The molecule has 0 spiro atoms. The molecule has 1 aromatic heterocycles. The van der Waals surface area contributed by atoms with E-state index in [4.69, 9.17) is 18.9 Å². The van der Waals surface area contributed by atoms with Gasteiger partial charge in [-0.2, -0.15) is 0 Å². The summed E-state index contributed by atoms with van der Waals surface area (Å²) in [5.74, 6) is -0.250. The summed E-state index contributed by atoms with van der Waals surface area (Å²) in [5.41, 5.74) is -0.858. The fourth-order valence-corrected chi connectivity index (χ4v) is 3.69. The van der Waals surface area contributed by atoms with Crippen LogP contribution in [0.2, 0.25) is 0 Å². The third-order valence-corrected chi connectivity index (χ3v) is 5.26. The Kier molecular flexibility index (Phi) is 5.35. The van der Waals surface area contributed by atoms with Gasteiger partial charge in [0, 0.05) is 5.56 Å². The van der Waals surface area contributed by atoms with Gasteiger partial charge in [0.05, 0.1) is 27.9 Å². The standard InChI is InChI=1S/C22H20N2O8/c1-29-12-6-4-11(5-7-12)10-24-20(26)16(19(25)23-22(24)28)17-13-8-9-14(30-2)18(31-3)15(13)21(27)32-17/h4-9,17,26H,10H2,1-3H3,(H,23,25,28)/t17-/m0/s1. The maximum Gasteiger partial charge on any atom is 0.343 e. The number of aromatic amines is 1. The second kappa shape index (κ2) is 8.14. The van der Waals surface area contributed by atoms with Crippen molar-refractivity contribution in [3.8, 4) is 23.1 Å². The van der Waals surface area contributed by atoms with Crippen molar-refractivity contribution in [3.63, 3.8) is 0 Å². The number of methoxy groups -OCH3 is 3. The van der Waals surface area contributed by atoms with Gasteiger partial charge in [-0.25, -0.2) is 9.59 Å². The van der Waals surface area contributed by atoms with Crippen LogP contribution in [0.5, 0.6) is 23.1 Å². The van der Waals surface area contributed by atoms with Crippen LogP contribution in [0.15, 0.2) is 46.0 Å². The molecule has 1 atom stereocenters. The quantitative estimate of drug-likeness (QED) is 0.553. The maximum absolute atomic E-state index is 12.6. The molecule has 32 heavy (non-hydrogen) atoms. The third-order valence-electron chi connectivity index (χ3n) is 5.26. The summed E-state index contributed by atoms with van der Waals surface area (Å²) < 4.78 is 22.0. The van der Waals surface area contributed by atoms with Gasteiger partial charge >= 0.3 is 11.7 Å². The third kappa shape index (κ3) is 3.35. The first-order valence-electron chi connectivity index (χ1n) is 9.54. The molecule has 2 aromatic carbocycles. The Morgan fingerprint density at radius 3 is 2.34 bits per heavy atom. The number of H-pyrrole nitrogens is 1. The van der Waals surface area contributed by atoms with E-state index < -0.39 is 29.2 Å². The van der Waals surface area contributed by atoms with Crippen LogP contribution >= 0.6 is 0 Å². The van der Waals surface area contributed by atoms with Crippen LogP contribution in [0.25, 0.3) is 0 Å². The van der Waals surface area contributed by atoms with Gasteiger partial charge in [-0.05, 0) is 23.8 Å². The summed E-state index contributed by atoms with van der Waals surface area (Å²) in [6.07, 6.45) is -1.23. The van der Waals surface area contributed by atoms with E-state index in [2.05, 4.69) is 4.98 Å². The number of nitrogens with zero attached hydrogens (tertiary/aromatic N) is 1. The molecular weight excluding hydrogens is 420 g/mol. The number of nitrogens with one attached hydrogen (secondary N) is 1. The topological polar surface area (TPSA) is 129 Å². The van der Waals surface area contributed by atoms with E-state index in [-0.39, 0.29) is 23.4 Å². The Morgan fingerprint density at radius 2 is 1.72 bits per heavy atom. The van der Waals surface area contributed by atoms with Crippen molar-refractivity contribution in [2.24, 2.45) is 0 Å². The van der Waals surface area contributed by atoms with Gasteiger partial charge in [0.2, 0.25) is 5.88 Å². The molecule has 3 aromatic rings. The Labute approximate surface area is 181 Å². The smallest absolute Gasteiger partial charge is 0.343 e. The average molecular weight is 440 g/mol. The molecule has 0 amide bonds. The number of fused-ring (bicyclic) bond motifs is 1. The van der Waals surface area contributed by atoms with Gasteiger partial charge in [-0.3, -0.25) is 14.3 Å². The highest BCUT2D eigenvalue weighted by atomic mass is 16.6. The van der Waals surface area contributed by atoms with Gasteiger partial charge in [-0.15, -0.1) is 0 Å². The molecular formula is C22H20N2O8. The number of rotatable bonds is 6. The molecule has 0 bridgehead atoms. The van der Waals surface area contributed by atoms with Crippen molar-refractivity contribution in [3.05, 3.63) is 79.5 Å². The lowest BCUT2D eigenvalue weighted by atomic mass is 9.99. The zero-order chi connectivity index (χ0) is 23.0. The van der Waals surface area contributed by atoms with Crippen LogP contribution in [-0.4, -0.2) is 42.0 Å². The van der Waals surface area contributed by atoms with E-state index in [9.17, 15) is 19.5 Å². The van der Waals surface area contributed by atoms with Gasteiger partial charge in [0.15, 0.2) is 17.6 Å². The van der Waals surface area contributed by atoms with Crippen molar-refractivity contribution >= 4 is 5.97 Å². The summed E-state index contributed by atoms with van der Waals surface area (Å²) in [6, 6.07) is 9.96. The van der Waals surface area contributed by atoms with Gasteiger partial charge < -0.3 is 24.1 Å². The van der Waals surface area contributed by atoms with E-state index >= 15 is 0 Å². The fraction of sp³-hybridized carbons (Fsp3) is 0.227. The van der Waals surface area contributed by atoms with Crippen molar-refractivity contribution in [1.29, 1.82) is 0 Å². The highest BCUT2D eigenvalue weighted by Crippen LogP contribution is 2.44. The second-order valence-electron chi connectivity index (χ2n) is 6.98. The predicted molar refractivity (Wildman–Crippen MR) is 112 cm³/mol. The van der Waals surface area contributed by atoms with Crippen molar-refractivity contribution in [2.75, 3.05) is 21.3 Å². The van der Waals surface area contributed by atoms with Gasteiger partial charge in [0.25, 0.3) is 5.56 Å². The average Bonchev–Trinajstić information content (AvgIpc) is 3.12. The Morgan fingerprint density at radius 1 is 1.00 bits per heavy atom. The van der Waals surface area contributed by atoms with Crippen LogP contribution in [0.4, 0.5) is 0 Å². The molecule has 0 saturated heterocycles. The Bertz CT molecular complexity index is 1310. The number of carbonyl (C=O) groups excluding carboxylic acids is 1. The van der Waals surface area contributed by atoms with Gasteiger partial charge in [0.1, 0.15) is 16.9 Å². The molecule has 10 heteroatoms. The number of carbonyl (C=O) groups is 1. The second-order valence-corrected chi connectivity index (χ2v) is 6.98. The minimum absolute atomic E-state index is 0.0299. The van der Waals surface area contributed by atoms with E-state index in [1.165, 1.54) is 21.3 Å². The first-order chi connectivity index (χ1) is 15.4. The monoisotopic (exact) mass is 440 g/mol. The number of hydrogen-bond acceptors (Lipinski definition) is 8. The van der Waals surface area contributed by atoms with Crippen molar-refractivity contribution in [2.45, 2.75) is 12.6 Å². The van der Waals surface area contributed by atoms with Gasteiger partial charge in [-0.1, -0.05) is 18.2 Å². The first-order valence-corrected chi connectivity index (χ1v) is 9.54. The van der Waals surface area contributed by atoms with Crippen LogP contribution in [-0.2, 0) is 11.3 Å². The lowest BCUT2D eigenvalue weighted by Crippen LogP contribution is -2.33. The lowest BCUT2D eigenvalue weighted by molar-refractivity contribution is 0.0446. The summed E-state index contributed by atoms with van der Waals surface area (Å²) in [6.45, 7) is -0.0299. The molecule has 4 rings (SSSR count). The zero-order valence-electron chi connectivity index (χ0n) is 17.5. The summed E-state index contributed by atoms with van der Waals surface area (Å²) in [7, 11) is 4.33. The summed E-state index contributed by atoms with van der Waals surface area (Å²) >= 11 is 0. The molecule has 0 radical (unpaired) electrons. The normalized spacial score (nSPS) is 14.6. The molecule has 0 saturated carbocycles. The molecule has 0 fully saturated rings. The first kappa shape index (κ1) is 21.0. The number of benzene rings is 2. The highest BCUT2D eigenvalue weighted by Gasteiger charge is 2.40. The van der Waals surface area contributed by atoms with E-state index in [1.54, 1.807) is 36.4 Å². The van der Waals surface area contributed by atoms with Crippen molar-refractivity contribution in [1.82, 2.24) is 9.55 Å². The number of cyclic esters (lactones) is 1. The van der Waals surface area contributed by atoms with E-state index in [0.717, 1.165) is 4.57 Å². The summed E-state index contributed by atoms with van der Waals surface area (Å²) in [5, 5.41) is 10.9. The Hall–Kier alpha value is -4.21. The maximum atomic E-state index is 12.6. The zero-order valence-corrected chi connectivity index (χ0v) is 17.5. The van der Waals surface area contributed by atoms with Crippen molar-refractivity contribution < 1.29 is 28.8 Å². The SMILES string of the molecule is COc1ccc(Cn2c(O)c([C@H]3OC(=O)c4c3ccc(OC)c4OC)c(=O)[nH]c2=O)cc1. The number of aromatic hydroxyl groups is 1.